The Morgan fingerprint density at radius 2 is 1.46 bits per heavy atom. The van der Waals surface area contributed by atoms with Gasteiger partial charge in [0, 0.05) is 12.5 Å². The van der Waals surface area contributed by atoms with Crippen LogP contribution in [0.1, 0.15) is 30.4 Å². The van der Waals surface area contributed by atoms with Gasteiger partial charge in [-0.2, -0.15) is 0 Å². The first-order valence-electron chi connectivity index (χ1n) is 8.01. The number of carbonyl (C=O) groups is 2. The average molecular weight is 325 g/mol. The monoisotopic (exact) mass is 325 g/mol. The third-order valence-corrected chi connectivity index (χ3v) is 3.89. The van der Waals surface area contributed by atoms with Gasteiger partial charge in [0.1, 0.15) is 6.04 Å². The van der Waals surface area contributed by atoms with Crippen molar-refractivity contribution in [3.63, 3.8) is 0 Å². The van der Waals surface area contributed by atoms with Crippen molar-refractivity contribution < 1.29 is 9.59 Å². The van der Waals surface area contributed by atoms with Crippen LogP contribution in [0.4, 0.5) is 4.79 Å². The quantitative estimate of drug-likeness (QED) is 0.730. The molecule has 4 N–H and O–H groups in total. The lowest BCUT2D eigenvalue weighted by atomic mass is 9.88. The van der Waals surface area contributed by atoms with Gasteiger partial charge in [0.05, 0.1) is 0 Å². The average Bonchev–Trinajstić information content (AvgIpc) is 2.59. The van der Waals surface area contributed by atoms with Crippen LogP contribution in [0.2, 0.25) is 0 Å². The highest BCUT2D eigenvalue weighted by Gasteiger charge is 2.16. The second-order valence-corrected chi connectivity index (χ2v) is 5.68. The lowest BCUT2D eigenvalue weighted by Gasteiger charge is -2.19. The topological polar surface area (TPSA) is 84.2 Å². The molecule has 0 saturated carbocycles. The predicted octanol–water partition coefficient (Wildman–Crippen LogP) is 2.38. The van der Waals surface area contributed by atoms with E-state index in [4.69, 9.17) is 5.73 Å². The first-order valence-corrected chi connectivity index (χ1v) is 8.01. The minimum Gasteiger partial charge on any atom is -0.354 e. The predicted molar refractivity (Wildman–Crippen MR) is 94.5 cm³/mol. The van der Waals surface area contributed by atoms with Crippen LogP contribution in [0, 0.1) is 0 Å². The molecule has 1 atom stereocenters. The van der Waals surface area contributed by atoms with Crippen LogP contribution in [0.15, 0.2) is 60.7 Å². The maximum Gasteiger partial charge on any atom is 0.312 e. The Balaban J connectivity index is 2.00. The van der Waals surface area contributed by atoms with Gasteiger partial charge in [0.2, 0.25) is 5.91 Å². The van der Waals surface area contributed by atoms with Crippen molar-refractivity contribution in [1.29, 1.82) is 0 Å². The molecule has 0 radical (unpaired) electrons. The van der Waals surface area contributed by atoms with Crippen molar-refractivity contribution in [3.05, 3.63) is 71.8 Å². The molecule has 0 aliphatic carbocycles. The fourth-order valence-corrected chi connectivity index (χ4v) is 2.67. The Morgan fingerprint density at radius 1 is 0.958 bits per heavy atom. The van der Waals surface area contributed by atoms with E-state index in [1.165, 1.54) is 11.1 Å². The van der Waals surface area contributed by atoms with Crippen LogP contribution in [-0.2, 0) is 4.79 Å². The summed E-state index contributed by atoms with van der Waals surface area (Å²) < 4.78 is 0. The van der Waals surface area contributed by atoms with Crippen molar-refractivity contribution in [1.82, 2.24) is 10.6 Å². The first kappa shape index (κ1) is 17.5. The number of benzene rings is 2. The normalized spacial score (nSPS) is 11.8. The van der Waals surface area contributed by atoms with Crippen molar-refractivity contribution in [2.24, 2.45) is 5.73 Å². The van der Waals surface area contributed by atoms with Crippen molar-refractivity contribution in [2.75, 3.05) is 6.54 Å². The summed E-state index contributed by atoms with van der Waals surface area (Å²) in [5, 5.41) is 5.22. The van der Waals surface area contributed by atoms with Crippen LogP contribution in [-0.4, -0.2) is 24.5 Å². The molecular weight excluding hydrogens is 302 g/mol. The minimum absolute atomic E-state index is 0.201. The summed E-state index contributed by atoms with van der Waals surface area (Å²) in [7, 11) is 0. The largest absolute Gasteiger partial charge is 0.354 e. The number of primary amides is 1. The van der Waals surface area contributed by atoms with E-state index in [1.54, 1.807) is 6.92 Å². The zero-order valence-electron chi connectivity index (χ0n) is 13.7. The highest BCUT2D eigenvalue weighted by Crippen LogP contribution is 2.27. The molecule has 0 heterocycles. The van der Waals surface area contributed by atoms with Crippen LogP contribution in [0.25, 0.3) is 0 Å². The van der Waals surface area contributed by atoms with Crippen LogP contribution >= 0.6 is 0 Å². The van der Waals surface area contributed by atoms with Crippen molar-refractivity contribution in [3.8, 4) is 0 Å². The van der Waals surface area contributed by atoms with E-state index in [1.807, 2.05) is 36.4 Å². The van der Waals surface area contributed by atoms with E-state index in [2.05, 4.69) is 34.9 Å². The lowest BCUT2D eigenvalue weighted by Crippen LogP contribution is -2.47. The highest BCUT2D eigenvalue weighted by atomic mass is 16.2. The molecular formula is C19H23N3O2. The van der Waals surface area contributed by atoms with E-state index in [0.29, 0.717) is 6.54 Å². The summed E-state index contributed by atoms with van der Waals surface area (Å²) >= 11 is 0. The van der Waals surface area contributed by atoms with Gasteiger partial charge < -0.3 is 16.4 Å². The third-order valence-electron chi connectivity index (χ3n) is 3.89. The summed E-state index contributed by atoms with van der Waals surface area (Å²) in [6.07, 6.45) is 0.767. The third kappa shape index (κ3) is 5.12. The number of nitrogens with two attached hydrogens (primary N) is 1. The van der Waals surface area contributed by atoms with E-state index < -0.39 is 12.1 Å². The maximum absolute atomic E-state index is 12.0. The number of amides is 3. The SMILES string of the molecule is CC(NC(N)=O)C(=O)NCCC(c1ccccc1)c1ccccc1. The van der Waals surface area contributed by atoms with Crippen LogP contribution < -0.4 is 16.4 Å². The molecule has 5 nitrogen and oxygen atoms in total. The number of hydrogen-bond acceptors (Lipinski definition) is 2. The van der Waals surface area contributed by atoms with Crippen LogP contribution in [0.5, 0.6) is 0 Å². The molecule has 0 aliphatic heterocycles. The molecule has 2 aromatic rings. The molecule has 0 aromatic heterocycles. The Morgan fingerprint density at radius 3 is 1.92 bits per heavy atom. The van der Waals surface area contributed by atoms with Gasteiger partial charge in [-0.3, -0.25) is 4.79 Å². The molecule has 0 fully saturated rings. The summed E-state index contributed by atoms with van der Waals surface area (Å²) in [4.78, 5) is 22.7. The van der Waals surface area contributed by atoms with E-state index in [9.17, 15) is 9.59 Å². The summed E-state index contributed by atoms with van der Waals surface area (Å²) in [5.74, 6) is -0.0409. The fourth-order valence-electron chi connectivity index (χ4n) is 2.67. The van der Waals surface area contributed by atoms with E-state index in [-0.39, 0.29) is 11.8 Å². The maximum atomic E-state index is 12.0. The molecule has 2 aromatic carbocycles. The molecule has 5 heteroatoms. The number of urea groups is 1. The zero-order valence-corrected chi connectivity index (χ0v) is 13.7. The molecule has 0 bridgehead atoms. The molecule has 24 heavy (non-hydrogen) atoms. The van der Waals surface area contributed by atoms with Crippen molar-refractivity contribution >= 4 is 11.9 Å². The zero-order chi connectivity index (χ0) is 17.4. The second-order valence-electron chi connectivity index (χ2n) is 5.68. The van der Waals surface area contributed by atoms with Gasteiger partial charge in [-0.05, 0) is 24.5 Å². The number of nitrogens with one attached hydrogen (secondary N) is 2. The number of carbonyl (C=O) groups excluding carboxylic acids is 2. The summed E-state index contributed by atoms with van der Waals surface area (Å²) in [6.45, 7) is 2.12. The molecule has 126 valence electrons. The van der Waals surface area contributed by atoms with Gasteiger partial charge in [0.25, 0.3) is 0 Å². The molecule has 0 saturated heterocycles. The summed E-state index contributed by atoms with van der Waals surface area (Å²) in [5.41, 5.74) is 7.45. The number of rotatable bonds is 7. The second kappa shape index (κ2) is 8.72. The summed E-state index contributed by atoms with van der Waals surface area (Å²) in [6, 6.07) is 19.1. The molecule has 3 amide bonds. The Bertz CT molecular complexity index is 619. The minimum atomic E-state index is -0.705. The van der Waals surface area contributed by atoms with Gasteiger partial charge >= 0.3 is 6.03 Å². The smallest absolute Gasteiger partial charge is 0.312 e. The Hall–Kier alpha value is -2.82. The van der Waals surface area contributed by atoms with E-state index >= 15 is 0 Å². The molecule has 0 spiro atoms. The molecule has 1 unspecified atom stereocenters. The Labute approximate surface area is 142 Å². The Kier molecular flexibility index (Phi) is 6.37. The standard InChI is InChI=1S/C19H23N3O2/c1-14(22-19(20)24)18(23)21-13-12-17(15-8-4-2-5-9-15)16-10-6-3-7-11-16/h2-11,14,17H,12-13H2,1H3,(H,21,23)(H3,20,22,24). The molecule has 0 aliphatic rings. The van der Waals surface area contributed by atoms with Gasteiger partial charge in [0.15, 0.2) is 0 Å². The number of hydrogen-bond donors (Lipinski definition) is 3. The van der Waals surface area contributed by atoms with Gasteiger partial charge in [-0.25, -0.2) is 4.79 Å². The van der Waals surface area contributed by atoms with E-state index in [0.717, 1.165) is 6.42 Å². The lowest BCUT2D eigenvalue weighted by molar-refractivity contribution is -0.122. The van der Waals surface area contributed by atoms with Crippen molar-refractivity contribution in [2.45, 2.75) is 25.3 Å². The van der Waals surface area contributed by atoms with Crippen LogP contribution in [0.3, 0.4) is 0 Å². The van der Waals surface area contributed by atoms with Gasteiger partial charge in [-0.1, -0.05) is 60.7 Å². The fraction of sp³-hybridized carbons (Fsp3) is 0.263. The highest BCUT2D eigenvalue weighted by molar-refractivity contribution is 5.86. The first-order chi connectivity index (χ1) is 11.6. The molecule has 2 rings (SSSR count). The van der Waals surface area contributed by atoms with Gasteiger partial charge in [-0.15, -0.1) is 0 Å².